The summed E-state index contributed by atoms with van der Waals surface area (Å²) in [5.74, 6) is -1.51. The van der Waals surface area contributed by atoms with Crippen LogP contribution in [0, 0.1) is 0 Å². The molecular weight excluding hydrogens is 457 g/mol. The molecule has 0 aliphatic rings. The predicted octanol–water partition coefficient (Wildman–Crippen LogP) is 4.52. The van der Waals surface area contributed by atoms with Crippen LogP contribution in [-0.2, 0) is 14.3 Å². The molecule has 0 aliphatic heterocycles. The normalized spacial score (nSPS) is 10.7. The Hall–Kier alpha value is -3.62. The highest BCUT2D eigenvalue weighted by Crippen LogP contribution is 2.29. The van der Waals surface area contributed by atoms with Gasteiger partial charge in [-0.2, -0.15) is 5.10 Å². The van der Waals surface area contributed by atoms with Crippen LogP contribution in [0.25, 0.3) is 11.3 Å². The fourth-order valence-electron chi connectivity index (χ4n) is 2.52. The zero-order valence-corrected chi connectivity index (χ0v) is 18.2. The van der Waals surface area contributed by atoms with Gasteiger partial charge in [0, 0.05) is 11.3 Å². The first-order valence-corrected chi connectivity index (χ1v) is 10.1. The van der Waals surface area contributed by atoms with Gasteiger partial charge < -0.3 is 14.5 Å². The maximum Gasteiger partial charge on any atom is 0.338 e. The third-order valence-electron chi connectivity index (χ3n) is 4.05. The van der Waals surface area contributed by atoms with Crippen LogP contribution < -0.4 is 10.7 Å². The molecule has 0 aliphatic carbocycles. The van der Waals surface area contributed by atoms with Crippen molar-refractivity contribution in [3.8, 4) is 11.3 Å². The molecule has 0 saturated carbocycles. The monoisotopic (exact) mass is 473 g/mol. The highest BCUT2D eigenvalue weighted by Gasteiger charge is 2.14. The third-order valence-corrected chi connectivity index (χ3v) is 4.79. The summed E-state index contributed by atoms with van der Waals surface area (Å²) >= 11 is 11.9. The summed E-state index contributed by atoms with van der Waals surface area (Å²) in [7, 11) is 0. The van der Waals surface area contributed by atoms with Crippen molar-refractivity contribution in [3.05, 3.63) is 76.0 Å². The van der Waals surface area contributed by atoms with Gasteiger partial charge in [0.1, 0.15) is 11.5 Å². The molecule has 0 fully saturated rings. The van der Waals surface area contributed by atoms with Crippen molar-refractivity contribution in [1.82, 2.24) is 5.43 Å². The van der Waals surface area contributed by atoms with Gasteiger partial charge in [-0.05, 0) is 61.5 Å². The Balaban J connectivity index is 1.54. The molecule has 0 bridgehead atoms. The van der Waals surface area contributed by atoms with E-state index in [0.29, 0.717) is 32.8 Å². The number of hydrogen-bond donors (Lipinski definition) is 2. The first-order valence-electron chi connectivity index (χ1n) is 9.34. The number of rotatable bonds is 6. The van der Waals surface area contributed by atoms with E-state index in [4.69, 9.17) is 32.4 Å². The van der Waals surface area contributed by atoms with E-state index < -0.39 is 17.8 Å². The van der Waals surface area contributed by atoms with E-state index in [2.05, 4.69) is 15.8 Å². The van der Waals surface area contributed by atoms with Gasteiger partial charge in [-0.15, -0.1) is 0 Å². The van der Waals surface area contributed by atoms with Gasteiger partial charge in [-0.3, -0.25) is 9.59 Å². The van der Waals surface area contributed by atoms with Gasteiger partial charge in [-0.25, -0.2) is 10.2 Å². The molecule has 1 aromatic heterocycles. The Kier molecular flexibility index (Phi) is 7.64. The van der Waals surface area contributed by atoms with E-state index in [1.54, 1.807) is 37.3 Å². The number of amides is 2. The Morgan fingerprint density at radius 1 is 1.00 bits per heavy atom. The van der Waals surface area contributed by atoms with E-state index in [1.165, 1.54) is 30.5 Å². The summed E-state index contributed by atoms with van der Waals surface area (Å²) in [6, 6.07) is 14.3. The number of furan rings is 1. The minimum Gasteiger partial charge on any atom is -0.462 e. The van der Waals surface area contributed by atoms with Gasteiger partial charge in [0.2, 0.25) is 0 Å². The van der Waals surface area contributed by atoms with Crippen molar-refractivity contribution in [2.45, 2.75) is 6.92 Å². The summed E-state index contributed by atoms with van der Waals surface area (Å²) in [6.07, 6.45) is 1.25. The number of hydrogen-bond acceptors (Lipinski definition) is 6. The van der Waals surface area contributed by atoms with Crippen LogP contribution in [0.5, 0.6) is 0 Å². The van der Waals surface area contributed by atoms with Crippen LogP contribution in [0.3, 0.4) is 0 Å². The molecule has 164 valence electrons. The molecule has 3 rings (SSSR count). The van der Waals surface area contributed by atoms with Gasteiger partial charge in [0.25, 0.3) is 0 Å². The summed E-state index contributed by atoms with van der Waals surface area (Å²) < 4.78 is 10.5. The van der Waals surface area contributed by atoms with Crippen LogP contribution in [-0.4, -0.2) is 30.6 Å². The Labute approximate surface area is 193 Å². The molecule has 0 radical (unpaired) electrons. The molecule has 0 saturated heterocycles. The van der Waals surface area contributed by atoms with Gasteiger partial charge >= 0.3 is 17.8 Å². The highest BCUT2D eigenvalue weighted by molar-refractivity contribution is 6.42. The van der Waals surface area contributed by atoms with Gasteiger partial charge in [0.15, 0.2) is 0 Å². The van der Waals surface area contributed by atoms with Crippen molar-refractivity contribution >= 4 is 52.9 Å². The summed E-state index contributed by atoms with van der Waals surface area (Å²) in [5.41, 5.74) is 3.49. The molecule has 10 heteroatoms. The smallest absolute Gasteiger partial charge is 0.338 e. The fourth-order valence-corrected chi connectivity index (χ4v) is 2.82. The minimum atomic E-state index is -0.980. The zero-order chi connectivity index (χ0) is 23.1. The van der Waals surface area contributed by atoms with Crippen LogP contribution in [0.15, 0.2) is 64.1 Å². The molecule has 2 aromatic carbocycles. The van der Waals surface area contributed by atoms with E-state index >= 15 is 0 Å². The molecule has 0 unspecified atom stereocenters. The number of benzene rings is 2. The lowest BCUT2D eigenvalue weighted by molar-refractivity contribution is -0.136. The maximum absolute atomic E-state index is 12.0. The number of nitrogens with zero attached hydrogens (tertiary/aromatic N) is 1. The standard InChI is InChI=1S/C22H17Cl2N3O5/c1-2-31-22(30)13-3-6-15(7-4-13)26-20(28)21(29)27-25-12-16-8-10-19(32-16)14-5-9-17(23)18(24)11-14/h3-12H,2H2,1H3,(H,26,28)(H,27,29)/b25-12+. The number of halogens is 2. The number of esters is 1. The molecular formula is C22H17Cl2N3O5. The molecule has 2 amide bonds. The summed E-state index contributed by atoms with van der Waals surface area (Å²) in [4.78, 5) is 35.5. The largest absolute Gasteiger partial charge is 0.462 e. The first-order chi connectivity index (χ1) is 15.4. The summed E-state index contributed by atoms with van der Waals surface area (Å²) in [5, 5.41) is 6.94. The number of carbonyl (C=O) groups excluding carboxylic acids is 3. The van der Waals surface area contributed by atoms with E-state index in [9.17, 15) is 14.4 Å². The Morgan fingerprint density at radius 3 is 2.44 bits per heavy atom. The lowest BCUT2D eigenvalue weighted by Gasteiger charge is -2.05. The Morgan fingerprint density at radius 2 is 1.75 bits per heavy atom. The van der Waals surface area contributed by atoms with E-state index in [1.807, 2.05) is 0 Å². The topological polar surface area (TPSA) is 110 Å². The first kappa shape index (κ1) is 23.1. The van der Waals surface area contributed by atoms with Crippen LogP contribution in [0.1, 0.15) is 23.0 Å². The lowest BCUT2D eigenvalue weighted by atomic mass is 10.2. The van der Waals surface area contributed by atoms with Crippen molar-refractivity contribution in [2.75, 3.05) is 11.9 Å². The zero-order valence-electron chi connectivity index (χ0n) is 16.7. The van der Waals surface area contributed by atoms with Crippen LogP contribution >= 0.6 is 23.2 Å². The average Bonchev–Trinajstić information content (AvgIpc) is 3.25. The van der Waals surface area contributed by atoms with E-state index in [0.717, 1.165) is 5.56 Å². The van der Waals surface area contributed by atoms with Gasteiger partial charge in [0.05, 0.1) is 28.4 Å². The summed E-state index contributed by atoms with van der Waals surface area (Å²) in [6.45, 7) is 1.96. The van der Waals surface area contributed by atoms with Crippen molar-refractivity contribution in [3.63, 3.8) is 0 Å². The maximum atomic E-state index is 12.0. The lowest BCUT2D eigenvalue weighted by Crippen LogP contribution is -2.32. The molecule has 32 heavy (non-hydrogen) atoms. The highest BCUT2D eigenvalue weighted by atomic mass is 35.5. The molecule has 1 heterocycles. The molecule has 8 nitrogen and oxygen atoms in total. The van der Waals surface area contributed by atoms with E-state index in [-0.39, 0.29) is 6.61 Å². The second kappa shape index (κ2) is 10.6. The molecule has 0 spiro atoms. The Bertz CT molecular complexity index is 1170. The SMILES string of the molecule is CCOC(=O)c1ccc(NC(=O)C(=O)N/N=C/c2ccc(-c3ccc(Cl)c(Cl)c3)o2)cc1. The van der Waals surface area contributed by atoms with Crippen molar-refractivity contribution in [2.24, 2.45) is 5.10 Å². The third kappa shape index (κ3) is 5.96. The number of anilines is 1. The number of hydrazone groups is 1. The second-order valence-corrected chi connectivity index (χ2v) is 7.10. The second-order valence-electron chi connectivity index (χ2n) is 6.28. The molecule has 0 atom stereocenters. The quantitative estimate of drug-likeness (QED) is 0.236. The van der Waals surface area contributed by atoms with Crippen molar-refractivity contribution < 1.29 is 23.5 Å². The number of carbonyl (C=O) groups is 3. The molecule has 3 aromatic rings. The number of nitrogens with one attached hydrogen (secondary N) is 2. The average molecular weight is 474 g/mol. The van der Waals surface area contributed by atoms with Crippen LogP contribution in [0.2, 0.25) is 10.0 Å². The predicted molar refractivity (Wildman–Crippen MR) is 121 cm³/mol. The minimum absolute atomic E-state index is 0.257. The fraction of sp³-hybridized carbons (Fsp3) is 0.0909. The molecule has 2 N–H and O–H groups in total. The van der Waals surface area contributed by atoms with Crippen molar-refractivity contribution in [1.29, 1.82) is 0 Å². The van der Waals surface area contributed by atoms with Gasteiger partial charge in [-0.1, -0.05) is 23.2 Å². The number of ether oxygens (including phenoxy) is 1. The van der Waals surface area contributed by atoms with Crippen LogP contribution in [0.4, 0.5) is 5.69 Å².